The van der Waals surface area contributed by atoms with E-state index < -0.39 is 11.7 Å². The standard InChI is InChI=1S/C20H15F2N3OS/c21-16-6-2-1-5-13(16)14-9-19(26)25-11-24(12-27-20(25)15(14)10-23)18-8-4-3-7-17(18)22/h1-8,14H,9,11-12H2/t14-/m0/s1. The predicted molar refractivity (Wildman–Crippen MR) is 99.4 cm³/mol. The van der Waals surface area contributed by atoms with Crippen molar-refractivity contribution in [3.05, 3.63) is 76.3 Å². The fourth-order valence-electron chi connectivity index (χ4n) is 3.45. The summed E-state index contributed by atoms with van der Waals surface area (Å²) in [6.07, 6.45) is 0.0129. The maximum Gasteiger partial charge on any atom is 0.229 e. The van der Waals surface area contributed by atoms with Gasteiger partial charge in [0.2, 0.25) is 5.91 Å². The molecule has 0 unspecified atom stereocenters. The lowest BCUT2D eigenvalue weighted by Gasteiger charge is -2.42. The largest absolute Gasteiger partial charge is 0.341 e. The number of anilines is 1. The van der Waals surface area contributed by atoms with E-state index in [4.69, 9.17) is 0 Å². The molecule has 0 radical (unpaired) electrons. The zero-order chi connectivity index (χ0) is 19.0. The first-order valence-corrected chi connectivity index (χ1v) is 9.40. The summed E-state index contributed by atoms with van der Waals surface area (Å²) in [5.41, 5.74) is 1.15. The van der Waals surface area contributed by atoms with Crippen LogP contribution < -0.4 is 4.90 Å². The normalized spacial score (nSPS) is 19.7. The van der Waals surface area contributed by atoms with Gasteiger partial charge in [-0.25, -0.2) is 8.78 Å². The second kappa shape index (κ2) is 7.05. The van der Waals surface area contributed by atoms with Crippen molar-refractivity contribution in [3.8, 4) is 6.07 Å². The number of halogens is 2. The highest BCUT2D eigenvalue weighted by molar-refractivity contribution is 8.03. The van der Waals surface area contributed by atoms with Crippen molar-refractivity contribution in [1.29, 1.82) is 5.26 Å². The number of thioether (sulfide) groups is 1. The summed E-state index contributed by atoms with van der Waals surface area (Å²) < 4.78 is 28.4. The number of para-hydroxylation sites is 1. The number of benzene rings is 2. The molecule has 7 heteroatoms. The first-order chi connectivity index (χ1) is 13.1. The van der Waals surface area contributed by atoms with E-state index in [9.17, 15) is 18.8 Å². The molecule has 0 N–H and O–H groups in total. The van der Waals surface area contributed by atoms with Crippen LogP contribution in [0, 0.1) is 23.0 Å². The van der Waals surface area contributed by atoms with Crippen molar-refractivity contribution < 1.29 is 13.6 Å². The van der Waals surface area contributed by atoms with E-state index in [0.29, 0.717) is 27.7 Å². The van der Waals surface area contributed by atoms with E-state index in [1.165, 1.54) is 28.8 Å². The van der Waals surface area contributed by atoms with Gasteiger partial charge in [-0.1, -0.05) is 42.1 Å². The van der Waals surface area contributed by atoms with Gasteiger partial charge in [0.15, 0.2) is 0 Å². The summed E-state index contributed by atoms with van der Waals surface area (Å²) in [6.45, 7) is 0.164. The van der Waals surface area contributed by atoms with Crippen LogP contribution in [0.3, 0.4) is 0 Å². The Bertz CT molecular complexity index is 985. The molecule has 0 saturated carbocycles. The molecule has 2 aliphatic heterocycles. The Hall–Kier alpha value is -2.85. The Morgan fingerprint density at radius 3 is 2.48 bits per heavy atom. The lowest BCUT2D eigenvalue weighted by Crippen LogP contribution is -2.47. The summed E-state index contributed by atoms with van der Waals surface area (Å²) in [5.74, 6) is -1.19. The molecule has 1 fully saturated rings. The first-order valence-electron chi connectivity index (χ1n) is 8.41. The minimum Gasteiger partial charge on any atom is -0.341 e. The fraction of sp³-hybridized carbons (Fsp3) is 0.200. The molecule has 0 aromatic heterocycles. The number of hydrogen-bond acceptors (Lipinski definition) is 4. The van der Waals surface area contributed by atoms with Crippen LogP contribution in [0.25, 0.3) is 0 Å². The zero-order valence-electron chi connectivity index (χ0n) is 14.2. The van der Waals surface area contributed by atoms with Crippen LogP contribution in [0.15, 0.2) is 59.1 Å². The van der Waals surface area contributed by atoms with Crippen molar-refractivity contribution >= 4 is 23.4 Å². The molecule has 1 saturated heterocycles. The van der Waals surface area contributed by atoms with Crippen LogP contribution in [0.1, 0.15) is 17.9 Å². The van der Waals surface area contributed by atoms with Gasteiger partial charge in [-0.15, -0.1) is 0 Å². The molecule has 1 atom stereocenters. The monoisotopic (exact) mass is 383 g/mol. The van der Waals surface area contributed by atoms with E-state index >= 15 is 0 Å². The molecule has 2 aromatic rings. The number of hydrogen-bond donors (Lipinski definition) is 0. The molecule has 0 spiro atoms. The molecule has 2 aromatic carbocycles. The maximum absolute atomic E-state index is 14.2. The number of rotatable bonds is 2. The lowest BCUT2D eigenvalue weighted by molar-refractivity contribution is -0.129. The Kier molecular flexibility index (Phi) is 4.58. The molecule has 136 valence electrons. The number of nitrogens with zero attached hydrogens (tertiary/aromatic N) is 3. The van der Waals surface area contributed by atoms with Gasteiger partial charge in [-0.2, -0.15) is 5.26 Å². The van der Waals surface area contributed by atoms with Crippen LogP contribution >= 0.6 is 11.8 Å². The molecule has 27 heavy (non-hydrogen) atoms. The van der Waals surface area contributed by atoms with Crippen LogP contribution in [0.2, 0.25) is 0 Å². The molecule has 0 bridgehead atoms. The second-order valence-electron chi connectivity index (χ2n) is 6.34. The number of carbonyl (C=O) groups is 1. The van der Waals surface area contributed by atoms with Crippen LogP contribution in [0.4, 0.5) is 14.5 Å². The van der Waals surface area contributed by atoms with Gasteiger partial charge in [0, 0.05) is 12.3 Å². The summed E-state index contributed by atoms with van der Waals surface area (Å²) in [6, 6.07) is 14.8. The van der Waals surface area contributed by atoms with E-state index in [2.05, 4.69) is 6.07 Å². The molecule has 0 aliphatic carbocycles. The summed E-state index contributed by atoms with van der Waals surface area (Å²) >= 11 is 1.30. The Morgan fingerprint density at radius 1 is 1.07 bits per heavy atom. The van der Waals surface area contributed by atoms with Crippen LogP contribution in [-0.4, -0.2) is 23.4 Å². The number of fused-ring (bicyclic) bond motifs is 1. The minimum atomic E-state index is -0.595. The lowest BCUT2D eigenvalue weighted by atomic mass is 9.86. The molecule has 2 aliphatic rings. The van der Waals surface area contributed by atoms with E-state index in [1.54, 1.807) is 41.3 Å². The van der Waals surface area contributed by atoms with Crippen molar-refractivity contribution in [1.82, 2.24) is 4.90 Å². The van der Waals surface area contributed by atoms with Crippen molar-refractivity contribution in [2.45, 2.75) is 12.3 Å². The highest BCUT2D eigenvalue weighted by Gasteiger charge is 2.39. The number of carbonyl (C=O) groups excluding carboxylic acids is 1. The molecule has 4 rings (SSSR count). The molecule has 4 nitrogen and oxygen atoms in total. The van der Waals surface area contributed by atoms with Crippen LogP contribution in [0.5, 0.6) is 0 Å². The Labute approximate surface area is 159 Å². The number of amides is 1. The SMILES string of the molecule is N#CC1=C2SCN(c3ccccc3F)CN2C(=O)C[C@H]1c1ccccc1F. The average molecular weight is 383 g/mol. The highest BCUT2D eigenvalue weighted by atomic mass is 32.2. The van der Waals surface area contributed by atoms with Gasteiger partial charge in [0.05, 0.1) is 34.9 Å². The maximum atomic E-state index is 14.2. The van der Waals surface area contributed by atoms with Crippen molar-refractivity contribution in [2.24, 2.45) is 0 Å². The molecule has 1 amide bonds. The van der Waals surface area contributed by atoms with Gasteiger partial charge >= 0.3 is 0 Å². The average Bonchev–Trinajstić information content (AvgIpc) is 2.68. The van der Waals surface area contributed by atoms with Crippen molar-refractivity contribution in [3.63, 3.8) is 0 Å². The van der Waals surface area contributed by atoms with E-state index in [1.807, 2.05) is 0 Å². The van der Waals surface area contributed by atoms with Crippen LogP contribution in [-0.2, 0) is 4.79 Å². The van der Waals surface area contributed by atoms with Gasteiger partial charge < -0.3 is 4.90 Å². The zero-order valence-corrected chi connectivity index (χ0v) is 15.0. The minimum absolute atomic E-state index is 0.0129. The molecule has 2 heterocycles. The Morgan fingerprint density at radius 2 is 1.78 bits per heavy atom. The van der Waals surface area contributed by atoms with Gasteiger partial charge in [0.1, 0.15) is 11.6 Å². The van der Waals surface area contributed by atoms with Crippen molar-refractivity contribution in [2.75, 3.05) is 17.4 Å². The van der Waals surface area contributed by atoms with Gasteiger partial charge in [-0.3, -0.25) is 9.69 Å². The van der Waals surface area contributed by atoms with Gasteiger partial charge in [0.25, 0.3) is 0 Å². The predicted octanol–water partition coefficient (Wildman–Crippen LogP) is 4.18. The summed E-state index contributed by atoms with van der Waals surface area (Å²) in [7, 11) is 0. The number of nitriles is 1. The molecular formula is C20H15F2N3OS. The fourth-order valence-corrected chi connectivity index (χ4v) is 4.60. The highest BCUT2D eigenvalue weighted by Crippen LogP contribution is 2.43. The summed E-state index contributed by atoms with van der Waals surface area (Å²) in [5, 5.41) is 10.2. The third-order valence-corrected chi connectivity index (χ3v) is 5.92. The van der Waals surface area contributed by atoms with Gasteiger partial charge in [-0.05, 0) is 23.8 Å². The topological polar surface area (TPSA) is 47.3 Å². The second-order valence-corrected chi connectivity index (χ2v) is 7.27. The van der Waals surface area contributed by atoms with E-state index in [-0.39, 0.29) is 24.8 Å². The third kappa shape index (κ3) is 3.06. The molecular weight excluding hydrogens is 368 g/mol. The van der Waals surface area contributed by atoms with E-state index in [0.717, 1.165) is 0 Å². The Balaban J connectivity index is 1.70. The quantitative estimate of drug-likeness (QED) is 0.780. The smallest absolute Gasteiger partial charge is 0.229 e. The number of allylic oxidation sites excluding steroid dienone is 1. The first kappa shape index (κ1) is 17.6. The third-order valence-electron chi connectivity index (χ3n) is 4.77. The summed E-state index contributed by atoms with van der Waals surface area (Å²) in [4.78, 5) is 16.0.